The Bertz CT molecular complexity index is 677. The van der Waals surface area contributed by atoms with Crippen molar-refractivity contribution in [1.29, 1.82) is 0 Å². The minimum Gasteiger partial charge on any atom is -0.497 e. The number of methoxy groups -OCH3 is 2. The Morgan fingerprint density at radius 3 is 2.77 bits per heavy atom. The van der Waals surface area contributed by atoms with Gasteiger partial charge >= 0.3 is 0 Å². The molecule has 0 spiro atoms. The number of thioether (sulfide) groups is 1. The second kappa shape index (κ2) is 5.88. The number of anilines is 1. The summed E-state index contributed by atoms with van der Waals surface area (Å²) in [7, 11) is 3.20. The lowest BCUT2D eigenvalue weighted by atomic mass is 10.1. The van der Waals surface area contributed by atoms with Gasteiger partial charge in [0.15, 0.2) is 0 Å². The number of rotatable bonds is 4. The number of aromatic nitrogens is 3. The summed E-state index contributed by atoms with van der Waals surface area (Å²) in [5, 5.41) is 6.20. The molecule has 2 aromatic rings. The van der Waals surface area contributed by atoms with Gasteiger partial charge in [-0.2, -0.15) is 10.1 Å². The van der Waals surface area contributed by atoms with Gasteiger partial charge in [0, 0.05) is 11.6 Å². The molecule has 1 fully saturated rings. The summed E-state index contributed by atoms with van der Waals surface area (Å²) >= 11 is 1.54. The first-order valence-electron chi connectivity index (χ1n) is 6.71. The highest BCUT2D eigenvalue weighted by molar-refractivity contribution is 8.01. The van der Waals surface area contributed by atoms with Crippen LogP contribution in [0.4, 0.5) is 5.95 Å². The number of amides is 1. The van der Waals surface area contributed by atoms with Crippen LogP contribution in [-0.2, 0) is 4.79 Å². The van der Waals surface area contributed by atoms with E-state index in [9.17, 15) is 4.79 Å². The minimum absolute atomic E-state index is 0.00961. The summed E-state index contributed by atoms with van der Waals surface area (Å²) in [4.78, 5) is 18.2. The van der Waals surface area contributed by atoms with Gasteiger partial charge in [0.1, 0.15) is 23.2 Å². The molecule has 116 valence electrons. The van der Waals surface area contributed by atoms with E-state index >= 15 is 0 Å². The molecule has 3 rings (SSSR count). The third-order valence-electron chi connectivity index (χ3n) is 3.49. The molecular formula is C14H16N4O3S. The fourth-order valence-corrected chi connectivity index (χ4v) is 3.67. The largest absolute Gasteiger partial charge is 0.497 e. The van der Waals surface area contributed by atoms with Gasteiger partial charge in [0.25, 0.3) is 0 Å². The molecule has 8 heteroatoms. The van der Waals surface area contributed by atoms with E-state index < -0.39 is 0 Å². The number of ether oxygens (including phenoxy) is 2. The Labute approximate surface area is 132 Å². The van der Waals surface area contributed by atoms with Gasteiger partial charge in [-0.05, 0) is 19.1 Å². The number of carbonyl (C=O) groups is 1. The molecule has 0 radical (unpaired) electrons. The first-order chi connectivity index (χ1) is 10.7. The van der Waals surface area contributed by atoms with Crippen LogP contribution in [0, 0.1) is 0 Å². The van der Waals surface area contributed by atoms with E-state index in [1.54, 1.807) is 30.9 Å². The monoisotopic (exact) mass is 320 g/mol. The van der Waals surface area contributed by atoms with Gasteiger partial charge in [0.2, 0.25) is 11.9 Å². The molecule has 0 saturated carbocycles. The number of carbonyl (C=O) groups excluding carboxylic acids is 1. The number of nitrogens with zero attached hydrogens (tertiary/aromatic N) is 3. The van der Waals surface area contributed by atoms with Crippen molar-refractivity contribution in [2.45, 2.75) is 17.5 Å². The second-order valence-electron chi connectivity index (χ2n) is 4.76. The van der Waals surface area contributed by atoms with Crippen molar-refractivity contribution in [3.63, 3.8) is 0 Å². The van der Waals surface area contributed by atoms with Crippen molar-refractivity contribution < 1.29 is 14.3 Å². The van der Waals surface area contributed by atoms with Crippen molar-refractivity contribution in [1.82, 2.24) is 15.2 Å². The summed E-state index contributed by atoms with van der Waals surface area (Å²) < 4.78 is 10.7. The zero-order chi connectivity index (χ0) is 15.7. The van der Waals surface area contributed by atoms with Gasteiger partial charge in [-0.25, -0.2) is 5.10 Å². The van der Waals surface area contributed by atoms with E-state index in [2.05, 4.69) is 15.2 Å². The number of benzene rings is 1. The van der Waals surface area contributed by atoms with E-state index in [1.165, 1.54) is 6.33 Å². The maximum Gasteiger partial charge on any atom is 0.243 e. The Balaban J connectivity index is 2.04. The summed E-state index contributed by atoms with van der Waals surface area (Å²) in [6.45, 7) is 1.88. The second-order valence-corrected chi connectivity index (χ2v) is 6.18. The van der Waals surface area contributed by atoms with Crippen molar-refractivity contribution >= 4 is 23.6 Å². The summed E-state index contributed by atoms with van der Waals surface area (Å²) in [6, 6.07) is 5.57. The van der Waals surface area contributed by atoms with E-state index in [0.717, 1.165) is 5.56 Å². The topological polar surface area (TPSA) is 80.3 Å². The third kappa shape index (κ3) is 2.39. The molecule has 1 aromatic carbocycles. The third-order valence-corrected chi connectivity index (χ3v) is 4.82. The Morgan fingerprint density at radius 2 is 2.14 bits per heavy atom. The molecule has 0 aliphatic carbocycles. The van der Waals surface area contributed by atoms with Crippen LogP contribution in [-0.4, -0.2) is 40.6 Å². The zero-order valence-corrected chi connectivity index (χ0v) is 13.3. The molecule has 2 unspecified atom stereocenters. The molecule has 2 heterocycles. The molecule has 1 amide bonds. The van der Waals surface area contributed by atoms with Crippen LogP contribution >= 0.6 is 11.8 Å². The fraction of sp³-hybridized carbons (Fsp3) is 0.357. The smallest absolute Gasteiger partial charge is 0.243 e. The Morgan fingerprint density at radius 1 is 1.32 bits per heavy atom. The SMILES string of the molecule is COc1ccc(C2SC(C)C(=O)N2c2ncn[nH]2)c(OC)c1. The number of hydrogen-bond acceptors (Lipinski definition) is 6. The average Bonchev–Trinajstić information content (AvgIpc) is 3.15. The molecule has 2 atom stereocenters. The maximum atomic E-state index is 12.5. The first-order valence-corrected chi connectivity index (χ1v) is 7.65. The van der Waals surface area contributed by atoms with Crippen LogP contribution < -0.4 is 14.4 Å². The van der Waals surface area contributed by atoms with E-state index in [1.807, 2.05) is 25.1 Å². The van der Waals surface area contributed by atoms with Gasteiger partial charge in [-0.15, -0.1) is 11.8 Å². The van der Waals surface area contributed by atoms with E-state index in [4.69, 9.17) is 9.47 Å². The highest BCUT2D eigenvalue weighted by atomic mass is 32.2. The molecule has 1 aliphatic heterocycles. The van der Waals surface area contributed by atoms with Crippen LogP contribution in [0.15, 0.2) is 24.5 Å². The Kier molecular flexibility index (Phi) is 3.93. The average molecular weight is 320 g/mol. The molecule has 22 heavy (non-hydrogen) atoms. The summed E-state index contributed by atoms with van der Waals surface area (Å²) in [5.74, 6) is 1.80. The number of nitrogens with one attached hydrogen (secondary N) is 1. The molecule has 1 N–H and O–H groups in total. The first kappa shape index (κ1) is 14.7. The highest BCUT2D eigenvalue weighted by Crippen LogP contribution is 2.47. The van der Waals surface area contributed by atoms with Crippen LogP contribution in [0.5, 0.6) is 11.5 Å². The van der Waals surface area contributed by atoms with Gasteiger partial charge in [0.05, 0.1) is 19.5 Å². The number of aromatic amines is 1. The van der Waals surface area contributed by atoms with Crippen LogP contribution in [0.1, 0.15) is 17.9 Å². The molecule has 1 aromatic heterocycles. The summed E-state index contributed by atoms with van der Waals surface area (Å²) in [6.07, 6.45) is 1.39. The van der Waals surface area contributed by atoms with E-state index in [0.29, 0.717) is 17.4 Å². The van der Waals surface area contributed by atoms with Gasteiger partial charge < -0.3 is 9.47 Å². The molecule has 1 aliphatic rings. The minimum atomic E-state index is -0.226. The van der Waals surface area contributed by atoms with Crippen LogP contribution in [0.2, 0.25) is 0 Å². The number of hydrogen-bond donors (Lipinski definition) is 1. The Hall–Kier alpha value is -2.22. The van der Waals surface area contributed by atoms with Crippen LogP contribution in [0.3, 0.4) is 0 Å². The quantitative estimate of drug-likeness (QED) is 0.928. The zero-order valence-electron chi connectivity index (χ0n) is 12.4. The van der Waals surface area contributed by atoms with Crippen LogP contribution in [0.25, 0.3) is 0 Å². The van der Waals surface area contributed by atoms with E-state index in [-0.39, 0.29) is 16.5 Å². The lowest BCUT2D eigenvalue weighted by Gasteiger charge is -2.23. The lowest BCUT2D eigenvalue weighted by Crippen LogP contribution is -2.31. The van der Waals surface area contributed by atoms with Gasteiger partial charge in [-0.3, -0.25) is 9.69 Å². The van der Waals surface area contributed by atoms with Crippen molar-refractivity contribution in [3.05, 3.63) is 30.1 Å². The van der Waals surface area contributed by atoms with Crippen molar-refractivity contribution in [3.8, 4) is 11.5 Å². The van der Waals surface area contributed by atoms with Crippen molar-refractivity contribution in [2.75, 3.05) is 19.1 Å². The standard InChI is InChI=1S/C14H16N4O3S/c1-8-12(19)18(14-15-7-16-17-14)13(22-8)10-5-4-9(20-2)6-11(10)21-3/h4-8,13H,1-3H3,(H,15,16,17). The predicted molar refractivity (Wildman–Crippen MR) is 83.2 cm³/mol. The number of H-pyrrole nitrogens is 1. The molecule has 7 nitrogen and oxygen atoms in total. The van der Waals surface area contributed by atoms with Crippen molar-refractivity contribution in [2.24, 2.45) is 0 Å². The maximum absolute atomic E-state index is 12.5. The molecule has 0 bridgehead atoms. The highest BCUT2D eigenvalue weighted by Gasteiger charge is 2.42. The predicted octanol–water partition coefficient (Wildman–Crippen LogP) is 1.99. The van der Waals surface area contributed by atoms with Gasteiger partial charge in [-0.1, -0.05) is 0 Å². The molecule has 1 saturated heterocycles. The lowest BCUT2D eigenvalue weighted by molar-refractivity contribution is -0.117. The summed E-state index contributed by atoms with van der Waals surface area (Å²) in [5.41, 5.74) is 0.891. The fourth-order valence-electron chi connectivity index (χ4n) is 2.39. The molecular weight excluding hydrogens is 304 g/mol. The normalized spacial score (nSPS) is 21.2.